The molecule has 0 aliphatic rings. The minimum Gasteiger partial charge on any atom is -0.466 e. The van der Waals surface area contributed by atoms with Crippen LogP contribution < -0.4 is 5.32 Å². The number of aryl methyl sites for hydroxylation is 1. The first-order chi connectivity index (χ1) is 11.5. The van der Waals surface area contributed by atoms with Gasteiger partial charge >= 0.3 is 0 Å². The van der Waals surface area contributed by atoms with Crippen LogP contribution in [0.15, 0.2) is 53.3 Å². The number of hydrogen-bond donors (Lipinski definition) is 2. The predicted molar refractivity (Wildman–Crippen MR) is 92.6 cm³/mol. The van der Waals surface area contributed by atoms with Gasteiger partial charge in [-0.15, -0.1) is 0 Å². The summed E-state index contributed by atoms with van der Waals surface area (Å²) in [5, 5.41) is 14.3. The van der Waals surface area contributed by atoms with Crippen molar-refractivity contribution in [3.05, 3.63) is 60.2 Å². The second-order valence-corrected chi connectivity index (χ2v) is 6.16. The van der Waals surface area contributed by atoms with E-state index >= 15 is 0 Å². The summed E-state index contributed by atoms with van der Waals surface area (Å²) >= 11 is 0. The first kappa shape index (κ1) is 16.3. The number of carbonyl (C=O) groups excluding carboxylic acids is 1. The fourth-order valence-electron chi connectivity index (χ4n) is 2.90. The van der Waals surface area contributed by atoms with Gasteiger partial charge in [-0.05, 0) is 37.6 Å². The molecule has 2 heterocycles. The molecule has 0 saturated heterocycles. The molecule has 1 unspecified atom stereocenters. The highest BCUT2D eigenvalue weighted by molar-refractivity contribution is 5.89. The average molecular weight is 326 g/mol. The minimum absolute atomic E-state index is 0.103. The lowest BCUT2D eigenvalue weighted by Gasteiger charge is -2.21. The first-order valence-corrected chi connectivity index (χ1v) is 8.11. The van der Waals surface area contributed by atoms with Gasteiger partial charge in [0.05, 0.1) is 19.2 Å². The number of carbonyl (C=O) groups is 1. The van der Waals surface area contributed by atoms with Gasteiger partial charge in [0.25, 0.3) is 0 Å². The van der Waals surface area contributed by atoms with E-state index in [1.165, 1.54) is 6.26 Å². The second-order valence-electron chi connectivity index (χ2n) is 6.16. The van der Waals surface area contributed by atoms with Crippen molar-refractivity contribution < 1.29 is 14.3 Å². The number of aromatic nitrogens is 1. The van der Waals surface area contributed by atoms with Gasteiger partial charge in [0.15, 0.2) is 0 Å². The Morgan fingerprint density at radius 2 is 2.08 bits per heavy atom. The molecule has 5 nitrogen and oxygen atoms in total. The zero-order valence-corrected chi connectivity index (χ0v) is 14.0. The molecule has 1 amide bonds. The van der Waals surface area contributed by atoms with Crippen molar-refractivity contribution in [2.24, 2.45) is 0 Å². The van der Waals surface area contributed by atoms with Crippen LogP contribution in [0.25, 0.3) is 10.9 Å². The number of nitrogens with zero attached hydrogens (tertiary/aromatic N) is 1. The van der Waals surface area contributed by atoms with Gasteiger partial charge in [0.2, 0.25) is 5.91 Å². The Kier molecular flexibility index (Phi) is 4.44. The standard InChI is InChI=1S/C19H22N2O3/c1-3-21-12-14(15-7-4-5-8-16(15)21)11-18(22)20-13-19(2,23)17-9-6-10-24-17/h4-10,12,23H,3,11,13H2,1-2H3,(H,20,22). The molecule has 126 valence electrons. The molecule has 24 heavy (non-hydrogen) atoms. The molecule has 2 aromatic heterocycles. The molecule has 5 heteroatoms. The molecule has 0 spiro atoms. The molecule has 0 aliphatic heterocycles. The molecule has 3 rings (SSSR count). The third-order valence-corrected chi connectivity index (χ3v) is 4.24. The van der Waals surface area contributed by atoms with Gasteiger partial charge in [-0.25, -0.2) is 0 Å². The van der Waals surface area contributed by atoms with E-state index in [0.717, 1.165) is 23.0 Å². The van der Waals surface area contributed by atoms with E-state index in [9.17, 15) is 9.90 Å². The van der Waals surface area contributed by atoms with Crippen molar-refractivity contribution in [1.29, 1.82) is 0 Å². The summed E-state index contributed by atoms with van der Waals surface area (Å²) in [6.45, 7) is 4.66. The van der Waals surface area contributed by atoms with Crippen LogP contribution in [-0.2, 0) is 23.4 Å². The molecule has 0 saturated carbocycles. The normalized spacial score (nSPS) is 13.8. The summed E-state index contributed by atoms with van der Waals surface area (Å²) in [6, 6.07) is 11.5. The van der Waals surface area contributed by atoms with E-state index in [4.69, 9.17) is 4.42 Å². The molecular formula is C19H22N2O3. The smallest absolute Gasteiger partial charge is 0.224 e. The SMILES string of the molecule is CCn1cc(CC(=O)NCC(C)(O)c2ccco2)c2ccccc21. The van der Waals surface area contributed by atoms with E-state index in [2.05, 4.69) is 22.9 Å². The van der Waals surface area contributed by atoms with Crippen LogP contribution in [0.4, 0.5) is 0 Å². The van der Waals surface area contributed by atoms with Crippen LogP contribution >= 0.6 is 0 Å². The van der Waals surface area contributed by atoms with Crippen LogP contribution in [-0.4, -0.2) is 22.1 Å². The summed E-state index contributed by atoms with van der Waals surface area (Å²) in [5.74, 6) is 0.311. The van der Waals surface area contributed by atoms with Crippen molar-refractivity contribution in [3.8, 4) is 0 Å². The molecular weight excluding hydrogens is 304 g/mol. The Balaban J connectivity index is 1.69. The number of hydrogen-bond acceptors (Lipinski definition) is 3. The topological polar surface area (TPSA) is 67.4 Å². The van der Waals surface area contributed by atoms with Crippen molar-refractivity contribution in [2.75, 3.05) is 6.54 Å². The third-order valence-electron chi connectivity index (χ3n) is 4.24. The summed E-state index contributed by atoms with van der Waals surface area (Å²) < 4.78 is 7.36. The lowest BCUT2D eigenvalue weighted by atomic mass is 10.0. The zero-order valence-electron chi connectivity index (χ0n) is 14.0. The quantitative estimate of drug-likeness (QED) is 0.732. The molecule has 2 N–H and O–H groups in total. The van der Waals surface area contributed by atoms with Gasteiger partial charge in [0, 0.05) is 23.6 Å². The Labute approximate surface area is 140 Å². The van der Waals surface area contributed by atoms with Gasteiger partial charge in [0.1, 0.15) is 11.4 Å². The van der Waals surface area contributed by atoms with E-state index in [0.29, 0.717) is 5.76 Å². The van der Waals surface area contributed by atoms with Gasteiger partial charge in [-0.1, -0.05) is 18.2 Å². The molecule has 3 aromatic rings. The number of nitrogens with one attached hydrogen (secondary N) is 1. The maximum Gasteiger partial charge on any atom is 0.224 e. The molecule has 1 atom stereocenters. The van der Waals surface area contributed by atoms with E-state index in [1.807, 2.05) is 24.4 Å². The lowest BCUT2D eigenvalue weighted by Crippen LogP contribution is -2.39. The summed E-state index contributed by atoms with van der Waals surface area (Å²) in [7, 11) is 0. The monoisotopic (exact) mass is 326 g/mol. The van der Waals surface area contributed by atoms with Crippen LogP contribution in [0.5, 0.6) is 0 Å². The number of amides is 1. The van der Waals surface area contributed by atoms with Gasteiger partial charge in [-0.3, -0.25) is 4.79 Å². The zero-order chi connectivity index (χ0) is 17.2. The van der Waals surface area contributed by atoms with Crippen LogP contribution in [0.3, 0.4) is 0 Å². The predicted octanol–water partition coefficient (Wildman–Crippen LogP) is 2.82. The van der Waals surface area contributed by atoms with Crippen molar-refractivity contribution in [3.63, 3.8) is 0 Å². The fourth-order valence-corrected chi connectivity index (χ4v) is 2.90. The lowest BCUT2D eigenvalue weighted by molar-refractivity contribution is -0.121. The Morgan fingerprint density at radius 3 is 2.79 bits per heavy atom. The maximum absolute atomic E-state index is 12.3. The summed E-state index contributed by atoms with van der Waals surface area (Å²) in [6.07, 6.45) is 3.81. The summed E-state index contributed by atoms with van der Waals surface area (Å²) in [4.78, 5) is 12.3. The number of para-hydroxylation sites is 1. The summed E-state index contributed by atoms with van der Waals surface area (Å²) in [5.41, 5.74) is 0.893. The fraction of sp³-hybridized carbons (Fsp3) is 0.316. The third kappa shape index (κ3) is 3.21. The molecule has 0 bridgehead atoms. The van der Waals surface area contributed by atoms with Gasteiger partial charge < -0.3 is 19.4 Å². The molecule has 0 aliphatic carbocycles. The Bertz CT molecular complexity index is 832. The van der Waals surface area contributed by atoms with Crippen molar-refractivity contribution >= 4 is 16.8 Å². The van der Waals surface area contributed by atoms with E-state index in [1.54, 1.807) is 19.1 Å². The van der Waals surface area contributed by atoms with E-state index in [-0.39, 0.29) is 18.9 Å². The van der Waals surface area contributed by atoms with Crippen LogP contribution in [0, 0.1) is 0 Å². The largest absolute Gasteiger partial charge is 0.466 e. The number of benzene rings is 1. The van der Waals surface area contributed by atoms with E-state index < -0.39 is 5.60 Å². The number of rotatable bonds is 6. The first-order valence-electron chi connectivity index (χ1n) is 8.11. The van der Waals surface area contributed by atoms with Crippen LogP contribution in [0.1, 0.15) is 25.2 Å². The Morgan fingerprint density at radius 1 is 1.29 bits per heavy atom. The maximum atomic E-state index is 12.3. The number of aliphatic hydroxyl groups is 1. The second kappa shape index (κ2) is 6.53. The molecule has 1 aromatic carbocycles. The number of fused-ring (bicyclic) bond motifs is 1. The highest BCUT2D eigenvalue weighted by Gasteiger charge is 2.26. The van der Waals surface area contributed by atoms with Crippen molar-refractivity contribution in [2.45, 2.75) is 32.4 Å². The van der Waals surface area contributed by atoms with Crippen LogP contribution in [0.2, 0.25) is 0 Å². The molecule has 0 fully saturated rings. The number of furan rings is 1. The van der Waals surface area contributed by atoms with Crippen molar-refractivity contribution in [1.82, 2.24) is 9.88 Å². The van der Waals surface area contributed by atoms with Gasteiger partial charge in [-0.2, -0.15) is 0 Å². The minimum atomic E-state index is -1.23. The molecule has 0 radical (unpaired) electrons. The highest BCUT2D eigenvalue weighted by Crippen LogP contribution is 2.22. The highest BCUT2D eigenvalue weighted by atomic mass is 16.4. The Hall–Kier alpha value is -2.53. The average Bonchev–Trinajstić information content (AvgIpc) is 3.22.